The van der Waals surface area contributed by atoms with Gasteiger partial charge in [-0.25, -0.2) is 8.78 Å². The van der Waals surface area contributed by atoms with Crippen molar-refractivity contribution in [3.63, 3.8) is 0 Å². The summed E-state index contributed by atoms with van der Waals surface area (Å²) < 4.78 is 32.4. The van der Waals surface area contributed by atoms with Gasteiger partial charge in [-0.1, -0.05) is 18.2 Å². The third kappa shape index (κ3) is 3.29. The smallest absolute Gasteiger partial charge is 0.286 e. The number of hydrogen-bond acceptors (Lipinski definition) is 2. The number of nitrogens with zero attached hydrogens (tertiary/aromatic N) is 1. The second-order valence-corrected chi connectivity index (χ2v) is 3.98. The molecule has 0 radical (unpaired) electrons. The minimum absolute atomic E-state index is 0.186. The number of halogens is 2. The highest BCUT2D eigenvalue weighted by Gasteiger charge is 2.31. The van der Waals surface area contributed by atoms with Gasteiger partial charge >= 0.3 is 0 Å². The summed E-state index contributed by atoms with van der Waals surface area (Å²) in [6.45, 7) is 0. The molecule has 2 nitrogen and oxygen atoms in total. The van der Waals surface area contributed by atoms with Crippen molar-refractivity contribution in [3.8, 4) is 17.6 Å². The summed E-state index contributed by atoms with van der Waals surface area (Å²) in [5.41, 5.74) is -0.186. The second-order valence-electron chi connectivity index (χ2n) is 3.98. The zero-order valence-corrected chi connectivity index (χ0v) is 10.0. The fourth-order valence-electron chi connectivity index (χ4n) is 1.59. The topological polar surface area (TPSA) is 33.0 Å². The van der Waals surface area contributed by atoms with Gasteiger partial charge in [0.05, 0.1) is 6.07 Å². The summed E-state index contributed by atoms with van der Waals surface area (Å²) in [7, 11) is 0. The molecule has 0 aromatic heterocycles. The molecule has 0 aliphatic heterocycles. The standard InChI is InChI=1S/C15H11F2NO/c16-15(17,10-11-18)12-6-8-14(9-7-12)19-13-4-2-1-3-5-13/h1-9H,10H2. The number of alkyl halides is 2. The van der Waals surface area contributed by atoms with Gasteiger partial charge in [-0.15, -0.1) is 0 Å². The van der Waals surface area contributed by atoms with E-state index in [1.165, 1.54) is 30.3 Å². The van der Waals surface area contributed by atoms with Crippen LogP contribution < -0.4 is 4.74 Å². The third-order valence-electron chi connectivity index (χ3n) is 2.56. The number of nitriles is 1. The molecule has 19 heavy (non-hydrogen) atoms. The Morgan fingerprint density at radius 1 is 0.947 bits per heavy atom. The molecule has 0 unspecified atom stereocenters. The maximum absolute atomic E-state index is 13.5. The van der Waals surface area contributed by atoms with Crippen LogP contribution >= 0.6 is 0 Å². The molecule has 2 rings (SSSR count). The van der Waals surface area contributed by atoms with Gasteiger partial charge in [0, 0.05) is 5.56 Å². The van der Waals surface area contributed by atoms with Crippen molar-refractivity contribution in [1.82, 2.24) is 0 Å². The summed E-state index contributed by atoms with van der Waals surface area (Å²) in [6, 6.07) is 16.0. The number of rotatable bonds is 4. The first-order valence-corrected chi connectivity index (χ1v) is 5.70. The first-order valence-electron chi connectivity index (χ1n) is 5.70. The van der Waals surface area contributed by atoms with E-state index in [2.05, 4.69) is 0 Å². The van der Waals surface area contributed by atoms with Crippen LogP contribution in [-0.2, 0) is 5.92 Å². The van der Waals surface area contributed by atoms with E-state index in [4.69, 9.17) is 10.00 Å². The van der Waals surface area contributed by atoms with E-state index in [1.54, 1.807) is 12.1 Å². The van der Waals surface area contributed by atoms with Gasteiger partial charge in [-0.05, 0) is 36.4 Å². The van der Waals surface area contributed by atoms with Crippen LogP contribution in [0, 0.1) is 11.3 Å². The number of benzene rings is 2. The average Bonchev–Trinajstić information content (AvgIpc) is 2.40. The van der Waals surface area contributed by atoms with Gasteiger partial charge in [0.1, 0.15) is 17.9 Å². The Kier molecular flexibility index (Phi) is 3.76. The van der Waals surface area contributed by atoms with Crippen molar-refractivity contribution in [1.29, 1.82) is 5.26 Å². The van der Waals surface area contributed by atoms with Crippen LogP contribution in [0.2, 0.25) is 0 Å². The largest absolute Gasteiger partial charge is 0.457 e. The Balaban J connectivity index is 2.13. The van der Waals surface area contributed by atoms with Crippen molar-refractivity contribution in [2.24, 2.45) is 0 Å². The second kappa shape index (κ2) is 5.49. The maximum atomic E-state index is 13.5. The normalized spacial score (nSPS) is 10.8. The average molecular weight is 259 g/mol. The van der Waals surface area contributed by atoms with Gasteiger partial charge in [-0.2, -0.15) is 5.26 Å². The van der Waals surface area contributed by atoms with Crippen LogP contribution in [0.1, 0.15) is 12.0 Å². The van der Waals surface area contributed by atoms with Gasteiger partial charge in [-0.3, -0.25) is 0 Å². The predicted molar refractivity (Wildman–Crippen MR) is 67.1 cm³/mol. The summed E-state index contributed by atoms with van der Waals surface area (Å²) in [5.74, 6) is -2.01. The van der Waals surface area contributed by atoms with Gasteiger partial charge in [0.2, 0.25) is 0 Å². The fourth-order valence-corrected chi connectivity index (χ4v) is 1.59. The summed E-state index contributed by atoms with van der Waals surface area (Å²) in [5, 5.41) is 8.36. The summed E-state index contributed by atoms with van der Waals surface area (Å²) in [4.78, 5) is 0. The predicted octanol–water partition coefficient (Wildman–Crippen LogP) is 4.48. The number of para-hydroxylation sites is 1. The van der Waals surface area contributed by atoms with Crippen molar-refractivity contribution in [3.05, 3.63) is 60.2 Å². The molecule has 0 heterocycles. The lowest BCUT2D eigenvalue weighted by Gasteiger charge is -2.13. The Hall–Kier alpha value is -2.41. The van der Waals surface area contributed by atoms with E-state index >= 15 is 0 Å². The monoisotopic (exact) mass is 259 g/mol. The highest BCUT2D eigenvalue weighted by atomic mass is 19.3. The Labute approximate surface area is 109 Å². The van der Waals surface area contributed by atoms with Gasteiger partial charge < -0.3 is 4.74 Å². The lowest BCUT2D eigenvalue weighted by molar-refractivity contribution is 0.000926. The molecule has 0 aliphatic rings. The van der Waals surface area contributed by atoms with Crippen molar-refractivity contribution < 1.29 is 13.5 Å². The molecule has 2 aromatic carbocycles. The quantitative estimate of drug-likeness (QED) is 0.810. The van der Waals surface area contributed by atoms with E-state index in [0.717, 1.165) is 0 Å². The molecule has 0 atom stereocenters. The fraction of sp³-hybridized carbons (Fsp3) is 0.133. The molecule has 0 saturated heterocycles. The highest BCUT2D eigenvalue weighted by molar-refractivity contribution is 5.34. The lowest BCUT2D eigenvalue weighted by Crippen LogP contribution is -2.11. The third-order valence-corrected chi connectivity index (χ3v) is 2.56. The van der Waals surface area contributed by atoms with Crippen LogP contribution in [0.5, 0.6) is 11.5 Å². The molecule has 0 saturated carbocycles. The minimum Gasteiger partial charge on any atom is -0.457 e. The maximum Gasteiger partial charge on any atom is 0.286 e. The highest BCUT2D eigenvalue weighted by Crippen LogP contribution is 2.32. The SMILES string of the molecule is N#CCC(F)(F)c1ccc(Oc2ccccc2)cc1. The first kappa shape index (κ1) is 13.0. The van der Waals surface area contributed by atoms with E-state index in [0.29, 0.717) is 11.5 Å². The van der Waals surface area contributed by atoms with Crippen LogP contribution in [0.4, 0.5) is 8.78 Å². The molecule has 2 aromatic rings. The van der Waals surface area contributed by atoms with E-state index in [9.17, 15) is 8.78 Å². The zero-order chi connectivity index (χ0) is 13.7. The Morgan fingerprint density at radius 2 is 1.53 bits per heavy atom. The molecule has 0 aliphatic carbocycles. The summed E-state index contributed by atoms with van der Waals surface area (Å²) in [6.07, 6.45) is -0.827. The van der Waals surface area contributed by atoms with Crippen molar-refractivity contribution in [2.75, 3.05) is 0 Å². The Bertz CT molecular complexity index is 573. The lowest BCUT2D eigenvalue weighted by atomic mass is 10.1. The molecule has 0 N–H and O–H groups in total. The van der Waals surface area contributed by atoms with E-state index < -0.39 is 12.3 Å². The zero-order valence-electron chi connectivity index (χ0n) is 10.0. The summed E-state index contributed by atoms with van der Waals surface area (Å²) >= 11 is 0. The molecule has 0 bridgehead atoms. The van der Waals surface area contributed by atoms with E-state index in [1.807, 2.05) is 18.2 Å². The molecule has 0 amide bonds. The molecule has 4 heteroatoms. The first-order chi connectivity index (χ1) is 9.12. The molecule has 0 fully saturated rings. The van der Waals surface area contributed by atoms with Crippen molar-refractivity contribution in [2.45, 2.75) is 12.3 Å². The molecular formula is C15H11F2NO. The molecule has 0 spiro atoms. The molecule has 96 valence electrons. The number of ether oxygens (including phenoxy) is 1. The van der Waals surface area contributed by atoms with Gasteiger partial charge in [0.15, 0.2) is 0 Å². The van der Waals surface area contributed by atoms with Crippen molar-refractivity contribution >= 4 is 0 Å². The Morgan fingerprint density at radius 3 is 2.11 bits per heavy atom. The van der Waals surface area contributed by atoms with E-state index in [-0.39, 0.29) is 5.56 Å². The molecular weight excluding hydrogens is 248 g/mol. The van der Waals surface area contributed by atoms with Crippen LogP contribution in [0.15, 0.2) is 54.6 Å². The van der Waals surface area contributed by atoms with Gasteiger partial charge in [0.25, 0.3) is 5.92 Å². The number of hydrogen-bond donors (Lipinski definition) is 0. The van der Waals surface area contributed by atoms with Crippen LogP contribution in [0.3, 0.4) is 0 Å². The minimum atomic E-state index is -3.12. The van der Waals surface area contributed by atoms with Crippen LogP contribution in [0.25, 0.3) is 0 Å². The van der Waals surface area contributed by atoms with Crippen LogP contribution in [-0.4, -0.2) is 0 Å².